The van der Waals surface area contributed by atoms with Gasteiger partial charge in [0.05, 0.1) is 6.42 Å². The van der Waals surface area contributed by atoms with Crippen molar-refractivity contribution in [2.24, 2.45) is 0 Å². The zero-order chi connectivity index (χ0) is 24.6. The van der Waals surface area contributed by atoms with E-state index in [1.807, 2.05) is 41.8 Å². The highest BCUT2D eigenvalue weighted by Gasteiger charge is 2.34. The Labute approximate surface area is 212 Å². The van der Waals surface area contributed by atoms with Gasteiger partial charge in [-0.05, 0) is 72.0 Å². The quantitative estimate of drug-likeness (QED) is 0.377. The van der Waals surface area contributed by atoms with Crippen LogP contribution in [0.3, 0.4) is 0 Å². The van der Waals surface area contributed by atoms with Crippen molar-refractivity contribution in [1.29, 1.82) is 0 Å². The number of benzene rings is 1. The average molecular weight is 490 g/mol. The van der Waals surface area contributed by atoms with Gasteiger partial charge in [0.25, 0.3) is 0 Å². The summed E-state index contributed by atoms with van der Waals surface area (Å²) in [7, 11) is 0. The Morgan fingerprint density at radius 1 is 1.03 bits per heavy atom. The van der Waals surface area contributed by atoms with E-state index in [9.17, 15) is 9.59 Å². The summed E-state index contributed by atoms with van der Waals surface area (Å²) in [4.78, 5) is 34.5. The molecule has 0 unspecified atom stereocenters. The van der Waals surface area contributed by atoms with Crippen LogP contribution in [0, 0.1) is 0 Å². The zero-order valence-corrected chi connectivity index (χ0v) is 21.5. The molecule has 2 heterocycles. The van der Waals surface area contributed by atoms with Gasteiger partial charge in [-0.15, -0.1) is 11.3 Å². The molecule has 1 aliphatic carbocycles. The summed E-state index contributed by atoms with van der Waals surface area (Å²) < 4.78 is 0. The predicted molar refractivity (Wildman–Crippen MR) is 143 cm³/mol. The van der Waals surface area contributed by atoms with E-state index in [1.54, 1.807) is 28.6 Å². The number of thiophene rings is 1. The van der Waals surface area contributed by atoms with Crippen molar-refractivity contribution >= 4 is 28.8 Å². The first kappa shape index (κ1) is 25.1. The minimum absolute atomic E-state index is 0.0932. The number of amides is 2. The van der Waals surface area contributed by atoms with Crippen LogP contribution < -0.4 is 10.2 Å². The average Bonchev–Trinajstić information content (AvgIpc) is 3.41. The molecule has 0 saturated heterocycles. The lowest BCUT2D eigenvalue weighted by Crippen LogP contribution is -2.47. The summed E-state index contributed by atoms with van der Waals surface area (Å²) in [6, 6.07) is 15.1. The Kier molecular flexibility index (Phi) is 8.69. The van der Waals surface area contributed by atoms with Crippen molar-refractivity contribution in [3.05, 3.63) is 82.3 Å². The monoisotopic (exact) mass is 489 g/mol. The first-order valence-corrected chi connectivity index (χ1v) is 13.6. The smallest absolute Gasteiger partial charge is 0.248 e. The number of nitrogens with zero attached hydrogens (tertiary/aromatic N) is 2. The Bertz CT molecular complexity index is 1080. The molecular formula is C29H35N3O2S. The van der Waals surface area contributed by atoms with Gasteiger partial charge in [0.1, 0.15) is 6.04 Å². The molecule has 35 heavy (non-hydrogen) atoms. The maximum absolute atomic E-state index is 13.8. The molecule has 184 valence electrons. The van der Waals surface area contributed by atoms with E-state index in [-0.39, 0.29) is 24.3 Å². The van der Waals surface area contributed by atoms with Crippen LogP contribution in [0.2, 0.25) is 0 Å². The van der Waals surface area contributed by atoms with Crippen LogP contribution in [0.1, 0.15) is 80.3 Å². The largest absolute Gasteiger partial charge is 0.351 e. The van der Waals surface area contributed by atoms with Crippen LogP contribution in [0.5, 0.6) is 0 Å². The third-order valence-electron chi connectivity index (χ3n) is 7.01. The molecule has 2 amide bonds. The number of anilines is 1. The summed E-state index contributed by atoms with van der Waals surface area (Å²) in [5.41, 5.74) is 2.73. The highest BCUT2D eigenvalue weighted by atomic mass is 32.1. The minimum atomic E-state index is -0.762. The summed E-state index contributed by atoms with van der Waals surface area (Å²) in [6.07, 6.45) is 10.1. The molecule has 2 atom stereocenters. The number of carbonyl (C=O) groups excluding carboxylic acids is 2. The molecule has 1 fully saturated rings. The molecule has 1 aliphatic rings. The topological polar surface area (TPSA) is 62.3 Å². The van der Waals surface area contributed by atoms with Crippen molar-refractivity contribution in [3.63, 3.8) is 0 Å². The van der Waals surface area contributed by atoms with E-state index in [1.165, 1.54) is 12.0 Å². The third kappa shape index (κ3) is 6.37. The first-order valence-electron chi connectivity index (χ1n) is 12.7. The van der Waals surface area contributed by atoms with E-state index >= 15 is 0 Å². The van der Waals surface area contributed by atoms with Gasteiger partial charge in [0, 0.05) is 29.0 Å². The molecule has 0 aliphatic heterocycles. The van der Waals surface area contributed by atoms with Crippen molar-refractivity contribution in [2.75, 3.05) is 4.90 Å². The van der Waals surface area contributed by atoms with Crippen LogP contribution in [0.25, 0.3) is 0 Å². The van der Waals surface area contributed by atoms with E-state index in [0.717, 1.165) is 48.2 Å². The van der Waals surface area contributed by atoms with Crippen LogP contribution in [0.4, 0.5) is 5.69 Å². The summed E-state index contributed by atoms with van der Waals surface area (Å²) in [5, 5.41) is 5.25. The molecule has 0 spiro atoms. The molecule has 5 nitrogen and oxygen atoms in total. The SMILES string of the molecule is CC[C@@H](C)c1ccc(N(C(=O)Cc2cccs2)[C@H](C(=O)NC2CCCCC2)c2ccncc2)cc1. The van der Waals surface area contributed by atoms with Gasteiger partial charge in [-0.25, -0.2) is 0 Å². The fourth-order valence-corrected chi connectivity index (χ4v) is 5.47. The Morgan fingerprint density at radius 3 is 2.37 bits per heavy atom. The number of carbonyl (C=O) groups is 2. The van der Waals surface area contributed by atoms with Crippen LogP contribution >= 0.6 is 11.3 Å². The van der Waals surface area contributed by atoms with E-state index in [0.29, 0.717) is 5.92 Å². The van der Waals surface area contributed by atoms with Crippen molar-refractivity contribution in [2.45, 2.75) is 76.8 Å². The Balaban J connectivity index is 1.72. The normalized spacial score (nSPS) is 15.8. The van der Waals surface area contributed by atoms with E-state index in [2.05, 4.69) is 36.3 Å². The van der Waals surface area contributed by atoms with Gasteiger partial charge in [-0.3, -0.25) is 19.5 Å². The second kappa shape index (κ2) is 12.1. The third-order valence-corrected chi connectivity index (χ3v) is 7.88. The van der Waals surface area contributed by atoms with Crippen molar-refractivity contribution in [1.82, 2.24) is 10.3 Å². The molecule has 4 rings (SSSR count). The molecule has 0 bridgehead atoms. The zero-order valence-electron chi connectivity index (χ0n) is 20.7. The number of aromatic nitrogens is 1. The fourth-order valence-electron chi connectivity index (χ4n) is 4.77. The van der Waals surface area contributed by atoms with Crippen LogP contribution in [0.15, 0.2) is 66.3 Å². The molecule has 0 radical (unpaired) electrons. The highest BCUT2D eigenvalue weighted by molar-refractivity contribution is 7.10. The summed E-state index contributed by atoms with van der Waals surface area (Å²) >= 11 is 1.56. The van der Waals surface area contributed by atoms with Gasteiger partial charge in [0.2, 0.25) is 11.8 Å². The van der Waals surface area contributed by atoms with E-state index in [4.69, 9.17) is 0 Å². The molecular weight excluding hydrogens is 454 g/mol. The molecule has 1 N–H and O–H groups in total. The summed E-state index contributed by atoms with van der Waals surface area (Å²) in [5.74, 6) is 0.211. The first-order chi connectivity index (χ1) is 17.1. The predicted octanol–water partition coefficient (Wildman–Crippen LogP) is 6.42. The number of nitrogens with one attached hydrogen (secondary N) is 1. The van der Waals surface area contributed by atoms with Gasteiger partial charge < -0.3 is 5.32 Å². The van der Waals surface area contributed by atoms with Gasteiger partial charge in [-0.1, -0.05) is 51.3 Å². The maximum Gasteiger partial charge on any atom is 0.248 e. The number of hydrogen-bond donors (Lipinski definition) is 1. The van der Waals surface area contributed by atoms with Crippen molar-refractivity contribution < 1.29 is 9.59 Å². The molecule has 1 saturated carbocycles. The second-order valence-electron chi connectivity index (χ2n) is 9.45. The van der Waals surface area contributed by atoms with Gasteiger partial charge in [-0.2, -0.15) is 0 Å². The fraction of sp³-hybridized carbons (Fsp3) is 0.414. The number of hydrogen-bond acceptors (Lipinski definition) is 4. The van der Waals surface area contributed by atoms with E-state index < -0.39 is 6.04 Å². The number of pyridine rings is 1. The second-order valence-corrected chi connectivity index (χ2v) is 10.5. The molecule has 3 aromatic rings. The Hall–Kier alpha value is -2.99. The van der Waals surface area contributed by atoms with Crippen LogP contribution in [-0.4, -0.2) is 22.8 Å². The minimum Gasteiger partial charge on any atom is -0.351 e. The standard InChI is InChI=1S/C29H35N3O2S/c1-3-21(2)22-11-13-25(14-12-22)32(27(33)20-26-10-7-19-35-26)28(23-15-17-30-18-16-23)29(34)31-24-8-5-4-6-9-24/h7,10-19,21,24,28H,3-6,8-9,20H2,1-2H3,(H,31,34)/t21-,28+/m1/s1. The Morgan fingerprint density at radius 2 is 1.74 bits per heavy atom. The molecule has 1 aromatic carbocycles. The lowest BCUT2D eigenvalue weighted by Gasteiger charge is -2.33. The van der Waals surface area contributed by atoms with Crippen LogP contribution in [-0.2, 0) is 16.0 Å². The highest BCUT2D eigenvalue weighted by Crippen LogP contribution is 2.31. The summed E-state index contributed by atoms with van der Waals surface area (Å²) in [6.45, 7) is 4.37. The lowest BCUT2D eigenvalue weighted by atomic mass is 9.94. The van der Waals surface area contributed by atoms with Crippen molar-refractivity contribution in [3.8, 4) is 0 Å². The van der Waals surface area contributed by atoms with Gasteiger partial charge >= 0.3 is 0 Å². The molecule has 6 heteroatoms. The molecule has 2 aromatic heterocycles. The van der Waals surface area contributed by atoms with Gasteiger partial charge in [0.15, 0.2) is 0 Å². The lowest BCUT2D eigenvalue weighted by molar-refractivity contribution is -0.127. The number of rotatable bonds is 9. The maximum atomic E-state index is 13.8.